The molecule has 5 nitrogen and oxygen atoms in total. The molecule has 3 rings (SSSR count). The summed E-state index contributed by atoms with van der Waals surface area (Å²) in [4.78, 5) is 19.6. The number of hydrogen-bond donors (Lipinski definition) is 0. The van der Waals surface area contributed by atoms with Crippen LogP contribution < -0.4 is 0 Å². The van der Waals surface area contributed by atoms with Gasteiger partial charge in [-0.2, -0.15) is 5.10 Å². The van der Waals surface area contributed by atoms with Crippen LogP contribution in [0.1, 0.15) is 54.4 Å². The van der Waals surface area contributed by atoms with Crippen molar-refractivity contribution in [2.24, 2.45) is 13.0 Å². The van der Waals surface area contributed by atoms with E-state index < -0.39 is 0 Å². The fraction of sp³-hybridized carbons (Fsp3) is 0.611. The Morgan fingerprint density at radius 1 is 1.26 bits per heavy atom. The van der Waals surface area contributed by atoms with Crippen molar-refractivity contribution in [2.45, 2.75) is 52.5 Å². The van der Waals surface area contributed by atoms with Gasteiger partial charge in [0.2, 0.25) is 0 Å². The predicted octanol–water partition coefficient (Wildman–Crippen LogP) is 3.24. The second-order valence-corrected chi connectivity index (χ2v) is 7.05. The van der Waals surface area contributed by atoms with Gasteiger partial charge in [-0.1, -0.05) is 6.92 Å². The molecular weight excluding hydrogens is 288 g/mol. The van der Waals surface area contributed by atoms with Crippen LogP contribution in [0.3, 0.4) is 0 Å². The molecule has 2 heterocycles. The van der Waals surface area contributed by atoms with E-state index in [0.717, 1.165) is 46.7 Å². The number of aromatic nitrogens is 3. The lowest BCUT2D eigenvalue weighted by Gasteiger charge is -2.33. The number of nitrogens with zero attached hydrogens (tertiary/aromatic N) is 4. The van der Waals surface area contributed by atoms with Crippen molar-refractivity contribution >= 4 is 16.9 Å². The average molecular weight is 314 g/mol. The molecule has 1 aliphatic carbocycles. The molecule has 23 heavy (non-hydrogen) atoms. The summed E-state index contributed by atoms with van der Waals surface area (Å²) in [5, 5.41) is 5.33. The second kappa shape index (κ2) is 5.95. The summed E-state index contributed by atoms with van der Waals surface area (Å²) in [6, 6.07) is 2.25. The average Bonchev–Trinajstić information content (AvgIpc) is 2.80. The molecule has 0 unspecified atom stereocenters. The first-order chi connectivity index (χ1) is 10.9. The molecule has 0 spiro atoms. The van der Waals surface area contributed by atoms with Crippen molar-refractivity contribution < 1.29 is 4.79 Å². The van der Waals surface area contributed by atoms with Crippen LogP contribution in [0.15, 0.2) is 6.07 Å². The molecule has 0 bridgehead atoms. The molecule has 0 saturated heterocycles. The summed E-state index contributed by atoms with van der Waals surface area (Å²) in [7, 11) is 3.82. The number of hydrogen-bond acceptors (Lipinski definition) is 3. The summed E-state index contributed by atoms with van der Waals surface area (Å²) in [6.45, 7) is 6.17. The van der Waals surface area contributed by atoms with Crippen molar-refractivity contribution in [1.29, 1.82) is 0 Å². The monoisotopic (exact) mass is 314 g/mol. The highest BCUT2D eigenvalue weighted by Crippen LogP contribution is 2.29. The first-order valence-electron chi connectivity index (χ1n) is 8.46. The van der Waals surface area contributed by atoms with Gasteiger partial charge in [-0.05, 0) is 51.5 Å². The van der Waals surface area contributed by atoms with E-state index in [1.165, 1.54) is 12.8 Å². The first kappa shape index (κ1) is 16.0. The molecule has 124 valence electrons. The van der Waals surface area contributed by atoms with E-state index in [9.17, 15) is 4.79 Å². The van der Waals surface area contributed by atoms with Gasteiger partial charge in [-0.25, -0.2) is 4.98 Å². The maximum absolute atomic E-state index is 13.1. The third-order valence-corrected chi connectivity index (χ3v) is 5.18. The lowest BCUT2D eigenvalue weighted by molar-refractivity contribution is 0.0681. The van der Waals surface area contributed by atoms with Gasteiger partial charge in [0, 0.05) is 25.8 Å². The minimum absolute atomic E-state index is 0.0937. The van der Waals surface area contributed by atoms with Gasteiger partial charge in [0.05, 0.1) is 16.6 Å². The van der Waals surface area contributed by atoms with Gasteiger partial charge < -0.3 is 4.90 Å². The Hall–Kier alpha value is -1.91. The number of carbonyl (C=O) groups excluding carboxylic acids is 1. The lowest BCUT2D eigenvalue weighted by atomic mass is 9.86. The van der Waals surface area contributed by atoms with E-state index >= 15 is 0 Å². The van der Waals surface area contributed by atoms with E-state index in [4.69, 9.17) is 0 Å². The Morgan fingerprint density at radius 3 is 2.57 bits per heavy atom. The van der Waals surface area contributed by atoms with Crippen molar-refractivity contribution in [3.05, 3.63) is 23.0 Å². The normalized spacial score (nSPS) is 21.6. The van der Waals surface area contributed by atoms with Gasteiger partial charge in [-0.3, -0.25) is 9.48 Å². The zero-order valence-electron chi connectivity index (χ0n) is 14.8. The zero-order chi connectivity index (χ0) is 16.7. The van der Waals surface area contributed by atoms with Crippen LogP contribution in [0.2, 0.25) is 0 Å². The maximum atomic E-state index is 13.1. The molecule has 1 fully saturated rings. The van der Waals surface area contributed by atoms with Crippen molar-refractivity contribution in [3.8, 4) is 0 Å². The van der Waals surface area contributed by atoms with Crippen LogP contribution in [0, 0.1) is 19.8 Å². The van der Waals surface area contributed by atoms with E-state index in [1.807, 2.05) is 38.9 Å². The van der Waals surface area contributed by atoms with Crippen molar-refractivity contribution in [3.63, 3.8) is 0 Å². The van der Waals surface area contributed by atoms with Gasteiger partial charge in [-0.15, -0.1) is 0 Å². The minimum Gasteiger partial charge on any atom is -0.339 e. The molecule has 0 N–H and O–H groups in total. The molecule has 2 aromatic heterocycles. The smallest absolute Gasteiger partial charge is 0.254 e. The summed E-state index contributed by atoms with van der Waals surface area (Å²) in [5.74, 6) is 0.876. The molecule has 1 amide bonds. The van der Waals surface area contributed by atoms with Crippen molar-refractivity contribution in [2.75, 3.05) is 7.05 Å². The number of aryl methyl sites for hydroxylation is 3. The van der Waals surface area contributed by atoms with Crippen LogP contribution in [0.25, 0.3) is 11.0 Å². The maximum Gasteiger partial charge on any atom is 0.254 e. The molecule has 2 aromatic rings. The van der Waals surface area contributed by atoms with Gasteiger partial charge >= 0.3 is 0 Å². The number of pyridine rings is 1. The van der Waals surface area contributed by atoms with Gasteiger partial charge in [0.25, 0.3) is 5.91 Å². The first-order valence-corrected chi connectivity index (χ1v) is 8.46. The van der Waals surface area contributed by atoms with Crippen molar-refractivity contribution in [1.82, 2.24) is 19.7 Å². The summed E-state index contributed by atoms with van der Waals surface area (Å²) in [6.07, 6.45) is 4.61. The molecule has 0 radical (unpaired) electrons. The third-order valence-electron chi connectivity index (χ3n) is 5.18. The lowest BCUT2D eigenvalue weighted by Crippen LogP contribution is -2.39. The third kappa shape index (κ3) is 2.84. The number of carbonyl (C=O) groups is 1. The molecule has 5 heteroatoms. The highest BCUT2D eigenvalue weighted by molar-refractivity contribution is 6.06. The number of rotatable bonds is 2. The Morgan fingerprint density at radius 2 is 1.91 bits per heavy atom. The topological polar surface area (TPSA) is 51.0 Å². The Labute approximate surface area is 137 Å². The van der Waals surface area contributed by atoms with Crippen LogP contribution in [0.5, 0.6) is 0 Å². The molecular formula is C18H26N4O. The van der Waals surface area contributed by atoms with E-state index in [-0.39, 0.29) is 5.91 Å². The second-order valence-electron chi connectivity index (χ2n) is 7.05. The molecule has 1 saturated carbocycles. The Kier molecular flexibility index (Phi) is 4.13. The van der Waals surface area contributed by atoms with E-state index in [0.29, 0.717) is 6.04 Å². The molecule has 1 aliphatic rings. The molecule has 0 aliphatic heterocycles. The number of amides is 1. The van der Waals surface area contributed by atoms with Gasteiger partial charge in [0.1, 0.15) is 0 Å². The van der Waals surface area contributed by atoms with Crippen LogP contribution in [-0.4, -0.2) is 38.7 Å². The SMILES string of the molecule is Cc1cc(C(=O)N(C)C2CCC(C)CC2)c2c(C)nn(C)c2n1. The van der Waals surface area contributed by atoms with E-state index in [2.05, 4.69) is 17.0 Å². The largest absolute Gasteiger partial charge is 0.339 e. The van der Waals surface area contributed by atoms with E-state index in [1.54, 1.807) is 4.68 Å². The quantitative estimate of drug-likeness (QED) is 0.855. The molecule has 0 aromatic carbocycles. The Bertz CT molecular complexity index is 741. The highest BCUT2D eigenvalue weighted by Gasteiger charge is 2.27. The highest BCUT2D eigenvalue weighted by atomic mass is 16.2. The van der Waals surface area contributed by atoms with Crippen LogP contribution >= 0.6 is 0 Å². The Balaban J connectivity index is 1.97. The minimum atomic E-state index is 0.0937. The summed E-state index contributed by atoms with van der Waals surface area (Å²) < 4.78 is 1.76. The zero-order valence-corrected chi connectivity index (χ0v) is 14.8. The summed E-state index contributed by atoms with van der Waals surface area (Å²) >= 11 is 0. The van der Waals surface area contributed by atoms with Crippen LogP contribution in [0.4, 0.5) is 0 Å². The van der Waals surface area contributed by atoms with Gasteiger partial charge in [0.15, 0.2) is 5.65 Å². The summed E-state index contributed by atoms with van der Waals surface area (Å²) in [5.41, 5.74) is 3.24. The standard InChI is InChI=1S/C18H26N4O/c1-11-6-8-14(9-7-11)21(4)18(23)15-10-12(2)19-17-16(15)13(3)20-22(17)5/h10-11,14H,6-9H2,1-5H3. The van der Waals surface area contributed by atoms with Crippen LogP contribution in [-0.2, 0) is 7.05 Å². The fourth-order valence-corrected chi connectivity index (χ4v) is 3.72. The predicted molar refractivity (Wildman–Crippen MR) is 91.5 cm³/mol. The molecule has 0 atom stereocenters. The fourth-order valence-electron chi connectivity index (χ4n) is 3.72. The number of fused-ring (bicyclic) bond motifs is 1.